The van der Waals surface area contributed by atoms with Crippen molar-refractivity contribution in [3.8, 4) is 5.75 Å². The Kier molecular flexibility index (Phi) is 5.38. The fourth-order valence-electron chi connectivity index (χ4n) is 2.56. The Morgan fingerprint density at radius 1 is 1.12 bits per heavy atom. The van der Waals surface area contributed by atoms with Crippen LogP contribution in [-0.2, 0) is 16.1 Å². The predicted octanol–water partition coefficient (Wildman–Crippen LogP) is 4.66. The van der Waals surface area contributed by atoms with Gasteiger partial charge in [-0.05, 0) is 43.0 Å². The Bertz CT molecular complexity index is 790. The van der Waals surface area contributed by atoms with Crippen LogP contribution in [0.3, 0.4) is 0 Å². The van der Waals surface area contributed by atoms with Crippen LogP contribution in [0.5, 0.6) is 5.75 Å². The van der Waals surface area contributed by atoms with E-state index in [-0.39, 0.29) is 6.61 Å². The maximum absolute atomic E-state index is 11.8. The summed E-state index contributed by atoms with van der Waals surface area (Å²) in [5.41, 5.74) is 3.05. The number of hydrogen-bond acceptors (Lipinski definition) is 4. The van der Waals surface area contributed by atoms with Gasteiger partial charge in [0, 0.05) is 10.6 Å². The molecule has 0 N–H and O–H groups in total. The second kappa shape index (κ2) is 7.69. The highest BCUT2D eigenvalue weighted by Crippen LogP contribution is 2.27. The van der Waals surface area contributed by atoms with Gasteiger partial charge in [0.15, 0.2) is 6.61 Å². The molecule has 1 aliphatic rings. The summed E-state index contributed by atoms with van der Waals surface area (Å²) in [4.78, 5) is 16.8. The number of benzene rings is 2. The highest BCUT2D eigenvalue weighted by atomic mass is 35.5. The molecule has 3 rings (SSSR count). The molecule has 0 aliphatic heterocycles. The van der Waals surface area contributed by atoms with Gasteiger partial charge in [-0.1, -0.05) is 52.6 Å². The number of nitrogens with zero attached hydrogens (tertiary/aromatic N) is 1. The van der Waals surface area contributed by atoms with Crippen LogP contribution in [0.4, 0.5) is 0 Å². The van der Waals surface area contributed by atoms with Crippen molar-refractivity contribution < 1.29 is 14.4 Å². The van der Waals surface area contributed by atoms with Crippen LogP contribution in [0, 0.1) is 0 Å². The number of rotatable bonds is 4. The van der Waals surface area contributed by atoms with Gasteiger partial charge < -0.3 is 9.57 Å². The normalized spacial score (nSPS) is 15.0. The summed E-state index contributed by atoms with van der Waals surface area (Å²) in [5.74, 6) is -0.217. The van der Waals surface area contributed by atoms with E-state index in [2.05, 4.69) is 11.2 Å². The molecule has 4 nitrogen and oxygen atoms in total. The number of oxime groups is 1. The van der Waals surface area contributed by atoms with Crippen molar-refractivity contribution in [2.45, 2.75) is 19.3 Å². The minimum atomic E-state index is -0.587. The Balaban J connectivity index is 1.60. The Hall–Kier alpha value is -2.04. The van der Waals surface area contributed by atoms with Crippen LogP contribution in [-0.4, -0.2) is 18.3 Å². The molecular weight excluding hydrogens is 349 g/mol. The Morgan fingerprint density at radius 3 is 2.79 bits per heavy atom. The van der Waals surface area contributed by atoms with Crippen LogP contribution < -0.4 is 4.74 Å². The first-order valence-electron chi connectivity index (χ1n) is 7.56. The first kappa shape index (κ1) is 16.8. The van der Waals surface area contributed by atoms with E-state index in [0.717, 1.165) is 30.5 Å². The molecule has 2 aromatic carbocycles. The second-order valence-electron chi connectivity index (χ2n) is 5.38. The summed E-state index contributed by atoms with van der Waals surface area (Å²) in [6.07, 6.45) is 2.79. The third-order valence-electron chi connectivity index (χ3n) is 3.69. The number of aryl methyl sites for hydroxylation is 1. The topological polar surface area (TPSA) is 47.9 Å². The van der Waals surface area contributed by atoms with E-state index in [1.54, 1.807) is 18.2 Å². The number of hydrogen-bond donors (Lipinski definition) is 0. The van der Waals surface area contributed by atoms with Gasteiger partial charge in [0.1, 0.15) is 5.75 Å². The molecule has 0 radical (unpaired) electrons. The SMILES string of the molecule is O=C(COc1ccc(Cl)cc1Cl)O/N=C1\CCCc2ccccc21. The number of halogens is 2. The van der Waals surface area contributed by atoms with Crippen LogP contribution in [0.15, 0.2) is 47.6 Å². The van der Waals surface area contributed by atoms with Crippen LogP contribution in [0.25, 0.3) is 0 Å². The van der Waals surface area contributed by atoms with Crippen molar-refractivity contribution in [1.82, 2.24) is 0 Å². The minimum Gasteiger partial charge on any atom is -0.480 e. The molecule has 0 atom stereocenters. The number of carbonyl (C=O) groups excluding carboxylic acids is 1. The summed E-state index contributed by atoms with van der Waals surface area (Å²) in [6, 6.07) is 12.8. The van der Waals surface area contributed by atoms with Crippen molar-refractivity contribution in [1.29, 1.82) is 0 Å². The van der Waals surface area contributed by atoms with Gasteiger partial charge in [-0.25, -0.2) is 4.79 Å². The number of carbonyl (C=O) groups is 1. The zero-order valence-corrected chi connectivity index (χ0v) is 14.3. The summed E-state index contributed by atoms with van der Waals surface area (Å²) >= 11 is 11.8. The predicted molar refractivity (Wildman–Crippen MR) is 94.0 cm³/mol. The molecule has 0 saturated heterocycles. The molecule has 0 bridgehead atoms. The maximum Gasteiger partial charge on any atom is 0.372 e. The van der Waals surface area contributed by atoms with E-state index in [1.807, 2.05) is 18.2 Å². The number of ether oxygens (including phenoxy) is 1. The van der Waals surface area contributed by atoms with E-state index in [0.29, 0.717) is 15.8 Å². The van der Waals surface area contributed by atoms with E-state index >= 15 is 0 Å². The smallest absolute Gasteiger partial charge is 0.372 e. The highest BCUT2D eigenvalue weighted by molar-refractivity contribution is 6.35. The molecule has 6 heteroatoms. The lowest BCUT2D eigenvalue weighted by Gasteiger charge is -2.16. The minimum absolute atomic E-state index is 0.278. The highest BCUT2D eigenvalue weighted by Gasteiger charge is 2.16. The van der Waals surface area contributed by atoms with Crippen LogP contribution in [0.1, 0.15) is 24.0 Å². The third kappa shape index (κ3) is 4.08. The second-order valence-corrected chi connectivity index (χ2v) is 6.22. The van der Waals surface area contributed by atoms with Crippen molar-refractivity contribution in [3.63, 3.8) is 0 Å². The monoisotopic (exact) mass is 363 g/mol. The standard InChI is InChI=1S/C18H15Cl2NO3/c19-13-8-9-17(15(20)10-13)23-11-18(22)24-21-16-7-3-5-12-4-1-2-6-14(12)16/h1-2,4,6,8-10H,3,5,7,11H2/b21-16+. The zero-order valence-electron chi connectivity index (χ0n) is 12.8. The molecule has 124 valence electrons. The fraction of sp³-hybridized carbons (Fsp3) is 0.222. The largest absolute Gasteiger partial charge is 0.480 e. The van der Waals surface area contributed by atoms with Crippen molar-refractivity contribution in [2.24, 2.45) is 5.16 Å². The first-order valence-corrected chi connectivity index (χ1v) is 8.32. The van der Waals surface area contributed by atoms with Gasteiger partial charge in [0.25, 0.3) is 0 Å². The van der Waals surface area contributed by atoms with Crippen molar-refractivity contribution in [3.05, 3.63) is 63.6 Å². The summed E-state index contributed by atoms with van der Waals surface area (Å²) in [6.45, 7) is -0.278. The molecular formula is C18H15Cl2NO3. The quantitative estimate of drug-likeness (QED) is 0.586. The van der Waals surface area contributed by atoms with Crippen LogP contribution in [0.2, 0.25) is 10.0 Å². The molecule has 2 aromatic rings. The zero-order chi connectivity index (χ0) is 16.9. The van der Waals surface area contributed by atoms with Gasteiger partial charge in [0.2, 0.25) is 0 Å². The average Bonchev–Trinajstić information content (AvgIpc) is 2.59. The molecule has 0 spiro atoms. The molecule has 0 heterocycles. The van der Waals surface area contributed by atoms with Gasteiger partial charge >= 0.3 is 5.97 Å². The molecule has 1 aliphatic carbocycles. The third-order valence-corrected chi connectivity index (χ3v) is 4.22. The van der Waals surface area contributed by atoms with E-state index in [9.17, 15) is 4.79 Å². The fourth-order valence-corrected chi connectivity index (χ4v) is 3.02. The van der Waals surface area contributed by atoms with Gasteiger partial charge in [-0.15, -0.1) is 0 Å². The van der Waals surface area contributed by atoms with Crippen LogP contribution >= 0.6 is 23.2 Å². The summed E-state index contributed by atoms with van der Waals surface area (Å²) in [7, 11) is 0. The van der Waals surface area contributed by atoms with E-state index in [1.165, 1.54) is 5.56 Å². The molecule has 0 unspecified atom stereocenters. The molecule has 0 saturated carbocycles. The van der Waals surface area contributed by atoms with E-state index in [4.69, 9.17) is 32.8 Å². The molecule has 0 fully saturated rings. The lowest BCUT2D eigenvalue weighted by atomic mass is 9.90. The van der Waals surface area contributed by atoms with Gasteiger partial charge in [0.05, 0.1) is 10.7 Å². The van der Waals surface area contributed by atoms with Crippen molar-refractivity contribution >= 4 is 34.9 Å². The molecule has 0 aromatic heterocycles. The summed E-state index contributed by atoms with van der Waals surface area (Å²) in [5, 5.41) is 4.84. The lowest BCUT2D eigenvalue weighted by molar-refractivity contribution is -0.146. The Morgan fingerprint density at radius 2 is 1.96 bits per heavy atom. The van der Waals surface area contributed by atoms with Gasteiger partial charge in [-0.2, -0.15) is 0 Å². The maximum atomic E-state index is 11.8. The average molecular weight is 364 g/mol. The molecule has 0 amide bonds. The van der Waals surface area contributed by atoms with Gasteiger partial charge in [-0.3, -0.25) is 0 Å². The lowest BCUT2D eigenvalue weighted by Crippen LogP contribution is -2.16. The summed E-state index contributed by atoms with van der Waals surface area (Å²) < 4.78 is 5.33. The number of fused-ring (bicyclic) bond motifs is 1. The molecule has 24 heavy (non-hydrogen) atoms. The first-order chi connectivity index (χ1) is 11.6. The van der Waals surface area contributed by atoms with E-state index < -0.39 is 5.97 Å². The Labute approximate surface area is 150 Å². The van der Waals surface area contributed by atoms with Crippen molar-refractivity contribution in [2.75, 3.05) is 6.61 Å².